The van der Waals surface area contributed by atoms with Crippen LogP contribution in [-0.2, 0) is 11.0 Å². The number of benzene rings is 1. The van der Waals surface area contributed by atoms with E-state index in [1.54, 1.807) is 0 Å². The first kappa shape index (κ1) is 17.0. The SMILES string of the molecule is NC(=O)C1CCCC(Nc2ccc([N+](=O)[O-])c(C(F)(F)F)c2)C1. The summed E-state index contributed by atoms with van der Waals surface area (Å²) in [6.07, 6.45) is -2.27. The number of carbonyl (C=O) groups excluding carboxylic acids is 1. The monoisotopic (exact) mass is 331 g/mol. The lowest BCUT2D eigenvalue weighted by molar-refractivity contribution is -0.388. The van der Waals surface area contributed by atoms with Gasteiger partial charge in [0.2, 0.25) is 5.91 Å². The highest BCUT2D eigenvalue weighted by Crippen LogP contribution is 2.38. The van der Waals surface area contributed by atoms with Crippen LogP contribution in [0.3, 0.4) is 0 Å². The Bertz CT molecular complexity index is 619. The molecule has 126 valence electrons. The summed E-state index contributed by atoms with van der Waals surface area (Å²) < 4.78 is 38.8. The second-order valence-electron chi connectivity index (χ2n) is 5.59. The molecule has 6 nitrogen and oxygen atoms in total. The van der Waals surface area contributed by atoms with E-state index in [9.17, 15) is 28.1 Å². The van der Waals surface area contributed by atoms with Crippen molar-refractivity contribution in [3.05, 3.63) is 33.9 Å². The maximum Gasteiger partial charge on any atom is 0.423 e. The Morgan fingerprint density at radius 1 is 1.35 bits per heavy atom. The van der Waals surface area contributed by atoms with Gasteiger partial charge in [0.1, 0.15) is 5.56 Å². The minimum absolute atomic E-state index is 0.137. The first-order valence-electron chi connectivity index (χ1n) is 7.10. The summed E-state index contributed by atoms with van der Waals surface area (Å²) >= 11 is 0. The van der Waals surface area contributed by atoms with Crippen LogP contribution in [0, 0.1) is 16.0 Å². The van der Waals surface area contributed by atoms with E-state index >= 15 is 0 Å². The first-order valence-corrected chi connectivity index (χ1v) is 7.10. The zero-order valence-electron chi connectivity index (χ0n) is 12.1. The smallest absolute Gasteiger partial charge is 0.382 e. The molecule has 1 aromatic rings. The Balaban J connectivity index is 2.20. The molecule has 0 radical (unpaired) electrons. The Hall–Kier alpha value is -2.32. The van der Waals surface area contributed by atoms with Crippen molar-refractivity contribution in [1.29, 1.82) is 0 Å². The minimum atomic E-state index is -4.82. The van der Waals surface area contributed by atoms with Crippen LogP contribution in [0.25, 0.3) is 0 Å². The summed E-state index contributed by atoms with van der Waals surface area (Å²) in [5, 5.41) is 13.6. The van der Waals surface area contributed by atoms with Gasteiger partial charge in [0.25, 0.3) is 5.69 Å². The number of nitro benzene ring substituents is 1. The van der Waals surface area contributed by atoms with Crippen LogP contribution in [0.15, 0.2) is 18.2 Å². The number of nitro groups is 1. The fourth-order valence-corrected chi connectivity index (χ4v) is 2.83. The lowest BCUT2D eigenvalue weighted by Crippen LogP contribution is -2.34. The van der Waals surface area contributed by atoms with Crippen LogP contribution in [-0.4, -0.2) is 16.9 Å². The standard InChI is InChI=1S/C14H16F3N3O3/c15-14(16,17)11-7-10(4-5-12(11)20(22)23)19-9-3-1-2-8(6-9)13(18)21/h4-5,7-9,19H,1-3,6H2,(H2,18,21). The predicted octanol–water partition coefficient (Wildman–Crippen LogP) is 3.07. The third-order valence-electron chi connectivity index (χ3n) is 3.95. The number of anilines is 1. The van der Waals surface area contributed by atoms with E-state index in [1.165, 1.54) is 6.07 Å². The number of nitrogens with two attached hydrogens (primary N) is 1. The molecule has 9 heteroatoms. The second-order valence-corrected chi connectivity index (χ2v) is 5.59. The Kier molecular flexibility index (Phi) is 4.76. The summed E-state index contributed by atoms with van der Waals surface area (Å²) in [5.74, 6) is -0.724. The molecule has 23 heavy (non-hydrogen) atoms. The number of alkyl halides is 3. The lowest BCUT2D eigenvalue weighted by atomic mass is 9.85. The van der Waals surface area contributed by atoms with Crippen molar-refractivity contribution in [2.75, 3.05) is 5.32 Å². The molecule has 1 amide bonds. The van der Waals surface area contributed by atoms with E-state index in [-0.39, 0.29) is 17.6 Å². The first-order chi connectivity index (χ1) is 10.7. The van der Waals surface area contributed by atoms with Crippen LogP contribution in [0.2, 0.25) is 0 Å². The second kappa shape index (κ2) is 6.43. The highest BCUT2D eigenvalue weighted by molar-refractivity contribution is 5.76. The molecule has 1 fully saturated rings. The van der Waals surface area contributed by atoms with Gasteiger partial charge in [-0.1, -0.05) is 6.42 Å². The third-order valence-corrected chi connectivity index (χ3v) is 3.95. The maximum absolute atomic E-state index is 12.9. The van der Waals surface area contributed by atoms with Crippen molar-refractivity contribution in [1.82, 2.24) is 0 Å². The molecule has 0 aliphatic heterocycles. The van der Waals surface area contributed by atoms with Gasteiger partial charge in [-0.25, -0.2) is 0 Å². The maximum atomic E-state index is 12.9. The molecule has 0 spiro atoms. The molecule has 1 aromatic carbocycles. The van der Waals surface area contributed by atoms with Crippen LogP contribution in [0.1, 0.15) is 31.2 Å². The van der Waals surface area contributed by atoms with Crippen molar-refractivity contribution < 1.29 is 22.9 Å². The molecule has 2 unspecified atom stereocenters. The zero-order chi connectivity index (χ0) is 17.2. The van der Waals surface area contributed by atoms with Crippen molar-refractivity contribution in [2.24, 2.45) is 11.7 Å². The number of primary amides is 1. The van der Waals surface area contributed by atoms with Gasteiger partial charge in [-0.15, -0.1) is 0 Å². The van der Waals surface area contributed by atoms with Crippen molar-refractivity contribution >= 4 is 17.3 Å². The summed E-state index contributed by atoms with van der Waals surface area (Å²) in [4.78, 5) is 20.9. The molecular weight excluding hydrogens is 315 g/mol. The van der Waals surface area contributed by atoms with Crippen LogP contribution in [0.5, 0.6) is 0 Å². The molecular formula is C14H16F3N3O3. The number of hydrogen-bond donors (Lipinski definition) is 2. The quantitative estimate of drug-likeness (QED) is 0.654. The zero-order valence-corrected chi connectivity index (χ0v) is 12.1. The molecule has 1 aliphatic carbocycles. The van der Waals surface area contributed by atoms with Gasteiger partial charge in [0.05, 0.1) is 4.92 Å². The number of nitrogens with zero attached hydrogens (tertiary/aromatic N) is 1. The number of amides is 1. The van der Waals surface area contributed by atoms with Crippen LogP contribution >= 0.6 is 0 Å². The molecule has 2 rings (SSSR count). The van der Waals surface area contributed by atoms with E-state index in [0.717, 1.165) is 18.6 Å². The van der Waals surface area contributed by atoms with Gasteiger partial charge >= 0.3 is 6.18 Å². The lowest BCUT2D eigenvalue weighted by Gasteiger charge is -2.28. The molecule has 0 heterocycles. The molecule has 1 saturated carbocycles. The van der Waals surface area contributed by atoms with Crippen molar-refractivity contribution in [2.45, 2.75) is 37.9 Å². The van der Waals surface area contributed by atoms with E-state index in [2.05, 4.69) is 5.32 Å². The van der Waals surface area contributed by atoms with Crippen molar-refractivity contribution in [3.63, 3.8) is 0 Å². The van der Waals surface area contributed by atoms with E-state index in [1.807, 2.05) is 0 Å². The fourth-order valence-electron chi connectivity index (χ4n) is 2.83. The Morgan fingerprint density at radius 3 is 2.61 bits per heavy atom. The van der Waals surface area contributed by atoms with E-state index < -0.39 is 28.3 Å². The van der Waals surface area contributed by atoms with Gasteiger partial charge in [-0.2, -0.15) is 13.2 Å². The highest BCUT2D eigenvalue weighted by Gasteiger charge is 2.38. The Morgan fingerprint density at radius 2 is 2.04 bits per heavy atom. The highest BCUT2D eigenvalue weighted by atomic mass is 19.4. The predicted molar refractivity (Wildman–Crippen MR) is 76.7 cm³/mol. The molecule has 0 aromatic heterocycles. The summed E-state index contributed by atoms with van der Waals surface area (Å²) in [7, 11) is 0. The van der Waals surface area contributed by atoms with Crippen LogP contribution in [0.4, 0.5) is 24.5 Å². The molecule has 3 N–H and O–H groups in total. The summed E-state index contributed by atoms with van der Waals surface area (Å²) in [6.45, 7) is 0. The molecule has 1 aliphatic rings. The average Bonchev–Trinajstić information content (AvgIpc) is 2.46. The summed E-state index contributed by atoms with van der Waals surface area (Å²) in [6, 6.07) is 2.61. The molecule has 2 atom stereocenters. The topological polar surface area (TPSA) is 98.3 Å². The number of rotatable bonds is 4. The largest absolute Gasteiger partial charge is 0.423 e. The normalized spacial score (nSPS) is 21.7. The number of nitrogens with one attached hydrogen (secondary N) is 1. The summed E-state index contributed by atoms with van der Waals surface area (Å²) in [5.41, 5.74) is 3.12. The van der Waals surface area contributed by atoms with Gasteiger partial charge in [0.15, 0.2) is 0 Å². The Labute approximate surface area is 130 Å². The minimum Gasteiger partial charge on any atom is -0.382 e. The van der Waals surface area contributed by atoms with Gasteiger partial charge < -0.3 is 11.1 Å². The van der Waals surface area contributed by atoms with Crippen molar-refractivity contribution in [3.8, 4) is 0 Å². The average molecular weight is 331 g/mol. The molecule has 0 saturated heterocycles. The number of halogens is 3. The van der Waals surface area contributed by atoms with Crippen LogP contribution < -0.4 is 11.1 Å². The molecule has 0 bridgehead atoms. The van der Waals surface area contributed by atoms with E-state index in [0.29, 0.717) is 19.3 Å². The fraction of sp³-hybridized carbons (Fsp3) is 0.500. The third kappa shape index (κ3) is 4.11. The number of carbonyl (C=O) groups is 1. The van der Waals surface area contributed by atoms with Gasteiger partial charge in [-0.3, -0.25) is 14.9 Å². The number of hydrogen-bond acceptors (Lipinski definition) is 4. The van der Waals surface area contributed by atoms with Gasteiger partial charge in [-0.05, 0) is 31.4 Å². The van der Waals surface area contributed by atoms with Gasteiger partial charge in [0, 0.05) is 23.7 Å². The van der Waals surface area contributed by atoms with E-state index in [4.69, 9.17) is 5.73 Å².